The SMILES string of the molecule is CC1CC(C(=O)O)CN(c2ccc([N+](=O)[O-])cn2)C1. The Balaban J connectivity index is 2.16. The molecule has 7 nitrogen and oxygen atoms in total. The Labute approximate surface area is 110 Å². The van der Waals surface area contributed by atoms with E-state index in [1.165, 1.54) is 12.3 Å². The smallest absolute Gasteiger partial charge is 0.308 e. The van der Waals surface area contributed by atoms with Gasteiger partial charge in [0.25, 0.3) is 5.69 Å². The summed E-state index contributed by atoms with van der Waals surface area (Å²) in [6.45, 7) is 3.10. The van der Waals surface area contributed by atoms with Gasteiger partial charge in [0.1, 0.15) is 12.0 Å². The van der Waals surface area contributed by atoms with Crippen molar-refractivity contribution in [1.82, 2.24) is 4.98 Å². The van der Waals surface area contributed by atoms with E-state index in [1.807, 2.05) is 11.8 Å². The minimum absolute atomic E-state index is 0.0661. The maximum Gasteiger partial charge on any atom is 0.308 e. The van der Waals surface area contributed by atoms with E-state index in [-0.39, 0.29) is 11.6 Å². The molecule has 1 saturated heterocycles. The van der Waals surface area contributed by atoms with Crippen LogP contribution in [0.25, 0.3) is 0 Å². The average molecular weight is 265 g/mol. The van der Waals surface area contributed by atoms with Crippen molar-refractivity contribution in [2.45, 2.75) is 13.3 Å². The van der Waals surface area contributed by atoms with Crippen LogP contribution in [-0.2, 0) is 4.79 Å². The number of carbonyl (C=O) groups is 1. The number of piperidine rings is 1. The van der Waals surface area contributed by atoms with Gasteiger partial charge in [-0.2, -0.15) is 0 Å². The topological polar surface area (TPSA) is 96.6 Å². The standard InChI is InChI=1S/C12H15N3O4/c1-8-4-9(12(16)17)7-14(6-8)11-3-2-10(5-13-11)15(18)19/h2-3,5,8-9H,4,6-7H2,1H3,(H,16,17). The number of nitro groups is 1. The van der Waals surface area contributed by atoms with Crippen LogP contribution in [0.2, 0.25) is 0 Å². The Morgan fingerprint density at radius 3 is 2.79 bits per heavy atom. The van der Waals surface area contributed by atoms with Gasteiger partial charge in [-0.1, -0.05) is 6.92 Å². The summed E-state index contributed by atoms with van der Waals surface area (Å²) in [7, 11) is 0. The van der Waals surface area contributed by atoms with Crippen LogP contribution in [0.5, 0.6) is 0 Å². The van der Waals surface area contributed by atoms with Crippen molar-refractivity contribution in [1.29, 1.82) is 0 Å². The highest BCUT2D eigenvalue weighted by Gasteiger charge is 2.30. The van der Waals surface area contributed by atoms with Crippen molar-refractivity contribution >= 4 is 17.5 Å². The van der Waals surface area contributed by atoms with E-state index in [0.717, 1.165) is 0 Å². The Bertz CT molecular complexity index is 488. The van der Waals surface area contributed by atoms with Crippen LogP contribution in [-0.4, -0.2) is 34.1 Å². The Morgan fingerprint density at radius 1 is 1.53 bits per heavy atom. The highest BCUT2D eigenvalue weighted by Crippen LogP contribution is 2.26. The molecule has 102 valence electrons. The minimum atomic E-state index is -0.807. The van der Waals surface area contributed by atoms with Crippen LogP contribution in [0.1, 0.15) is 13.3 Å². The third kappa shape index (κ3) is 2.98. The molecule has 0 aliphatic carbocycles. The summed E-state index contributed by atoms with van der Waals surface area (Å²) in [5, 5.41) is 19.7. The first-order valence-corrected chi connectivity index (χ1v) is 6.05. The molecule has 2 atom stereocenters. The lowest BCUT2D eigenvalue weighted by Gasteiger charge is -2.35. The molecule has 0 saturated carbocycles. The number of nitrogens with zero attached hydrogens (tertiary/aromatic N) is 3. The molecule has 1 fully saturated rings. The second-order valence-electron chi connectivity index (χ2n) is 4.91. The first kappa shape index (κ1) is 13.3. The third-order valence-corrected chi connectivity index (χ3v) is 3.28. The van der Waals surface area contributed by atoms with Gasteiger partial charge in [-0.25, -0.2) is 4.98 Å². The Morgan fingerprint density at radius 2 is 2.26 bits per heavy atom. The Kier molecular flexibility index (Phi) is 3.64. The second kappa shape index (κ2) is 5.21. The molecule has 0 bridgehead atoms. The molecule has 1 aliphatic rings. The van der Waals surface area contributed by atoms with Crippen LogP contribution in [0.4, 0.5) is 11.5 Å². The van der Waals surface area contributed by atoms with Gasteiger partial charge < -0.3 is 10.0 Å². The zero-order valence-corrected chi connectivity index (χ0v) is 10.5. The van der Waals surface area contributed by atoms with Gasteiger partial charge in [0.15, 0.2) is 0 Å². The summed E-state index contributed by atoms with van der Waals surface area (Å²) in [5.74, 6) is -0.380. The average Bonchev–Trinajstić information content (AvgIpc) is 2.38. The van der Waals surface area contributed by atoms with E-state index in [2.05, 4.69) is 4.98 Å². The first-order chi connectivity index (χ1) is 8.97. The van der Waals surface area contributed by atoms with Gasteiger partial charge in [0.05, 0.1) is 10.8 Å². The molecule has 1 aromatic heterocycles. The fourth-order valence-electron chi connectivity index (χ4n) is 2.39. The minimum Gasteiger partial charge on any atom is -0.481 e. The van der Waals surface area contributed by atoms with E-state index in [0.29, 0.717) is 25.3 Å². The van der Waals surface area contributed by atoms with Crippen LogP contribution in [0, 0.1) is 22.0 Å². The molecule has 0 spiro atoms. The molecule has 0 amide bonds. The van der Waals surface area contributed by atoms with Crippen LogP contribution in [0.3, 0.4) is 0 Å². The van der Waals surface area contributed by atoms with E-state index in [9.17, 15) is 14.9 Å². The van der Waals surface area contributed by atoms with E-state index in [4.69, 9.17) is 5.11 Å². The van der Waals surface area contributed by atoms with Gasteiger partial charge in [-0.05, 0) is 18.4 Å². The first-order valence-electron chi connectivity index (χ1n) is 6.05. The summed E-state index contributed by atoms with van der Waals surface area (Å²) in [6, 6.07) is 2.95. The summed E-state index contributed by atoms with van der Waals surface area (Å²) in [6.07, 6.45) is 1.85. The molecular formula is C12H15N3O4. The molecular weight excluding hydrogens is 250 g/mol. The summed E-state index contributed by atoms with van der Waals surface area (Å²) in [4.78, 5) is 27.1. The van der Waals surface area contributed by atoms with Crippen molar-refractivity contribution in [3.63, 3.8) is 0 Å². The Hall–Kier alpha value is -2.18. The predicted molar refractivity (Wildman–Crippen MR) is 68.0 cm³/mol. The molecule has 2 heterocycles. The quantitative estimate of drug-likeness (QED) is 0.657. The number of hydrogen-bond acceptors (Lipinski definition) is 5. The monoisotopic (exact) mass is 265 g/mol. The molecule has 7 heteroatoms. The lowest BCUT2D eigenvalue weighted by Crippen LogP contribution is -2.42. The molecule has 2 rings (SSSR count). The van der Waals surface area contributed by atoms with Gasteiger partial charge in [0.2, 0.25) is 0 Å². The van der Waals surface area contributed by atoms with Gasteiger partial charge in [0, 0.05) is 19.2 Å². The van der Waals surface area contributed by atoms with E-state index >= 15 is 0 Å². The van der Waals surface area contributed by atoms with Crippen molar-refractivity contribution in [2.24, 2.45) is 11.8 Å². The number of aliphatic carboxylic acids is 1. The number of carboxylic acids is 1. The van der Waals surface area contributed by atoms with Crippen molar-refractivity contribution in [3.8, 4) is 0 Å². The van der Waals surface area contributed by atoms with Gasteiger partial charge in [-0.15, -0.1) is 0 Å². The maximum atomic E-state index is 11.1. The zero-order valence-electron chi connectivity index (χ0n) is 10.5. The van der Waals surface area contributed by atoms with Gasteiger partial charge >= 0.3 is 5.97 Å². The molecule has 1 N–H and O–H groups in total. The second-order valence-corrected chi connectivity index (χ2v) is 4.91. The highest BCUT2D eigenvalue weighted by atomic mass is 16.6. The molecule has 1 aliphatic heterocycles. The van der Waals surface area contributed by atoms with E-state index < -0.39 is 16.8 Å². The van der Waals surface area contributed by atoms with Crippen LogP contribution in [0.15, 0.2) is 18.3 Å². The molecule has 19 heavy (non-hydrogen) atoms. The van der Waals surface area contributed by atoms with Gasteiger partial charge in [-0.3, -0.25) is 14.9 Å². The summed E-state index contributed by atoms with van der Waals surface area (Å²) < 4.78 is 0. The van der Waals surface area contributed by atoms with Crippen molar-refractivity contribution in [3.05, 3.63) is 28.4 Å². The number of anilines is 1. The molecule has 2 unspecified atom stereocenters. The van der Waals surface area contributed by atoms with Crippen LogP contribution < -0.4 is 4.90 Å². The number of hydrogen-bond donors (Lipinski definition) is 1. The van der Waals surface area contributed by atoms with Crippen LogP contribution >= 0.6 is 0 Å². The summed E-state index contributed by atoms with van der Waals surface area (Å²) >= 11 is 0. The molecule has 0 aromatic carbocycles. The maximum absolute atomic E-state index is 11.1. The number of pyridine rings is 1. The summed E-state index contributed by atoms with van der Waals surface area (Å²) in [5.41, 5.74) is -0.0661. The normalized spacial score (nSPS) is 23.1. The highest BCUT2D eigenvalue weighted by molar-refractivity contribution is 5.71. The van der Waals surface area contributed by atoms with Crippen molar-refractivity contribution in [2.75, 3.05) is 18.0 Å². The van der Waals surface area contributed by atoms with E-state index in [1.54, 1.807) is 6.07 Å². The third-order valence-electron chi connectivity index (χ3n) is 3.28. The number of rotatable bonds is 3. The molecule has 0 radical (unpaired) electrons. The molecule has 1 aromatic rings. The number of aromatic nitrogens is 1. The fourth-order valence-corrected chi connectivity index (χ4v) is 2.39. The fraction of sp³-hybridized carbons (Fsp3) is 0.500. The largest absolute Gasteiger partial charge is 0.481 e. The van der Waals surface area contributed by atoms with Crippen molar-refractivity contribution < 1.29 is 14.8 Å². The predicted octanol–water partition coefficient (Wildman–Crippen LogP) is 1.54. The zero-order chi connectivity index (χ0) is 14.0. The number of carboxylic acid groups (broad SMARTS) is 1. The lowest BCUT2D eigenvalue weighted by atomic mass is 9.90. The lowest BCUT2D eigenvalue weighted by molar-refractivity contribution is -0.385.